The molecule has 1 N–H and O–H groups in total. The van der Waals surface area contributed by atoms with Gasteiger partial charge in [-0.1, -0.05) is 49.9 Å². The smallest absolute Gasteiger partial charge is 0.220 e. The lowest BCUT2D eigenvalue weighted by Crippen LogP contribution is -2.24. The number of oxazole rings is 1. The highest BCUT2D eigenvalue weighted by molar-refractivity contribution is 6.33. The lowest BCUT2D eigenvalue weighted by molar-refractivity contribution is -0.121. The van der Waals surface area contributed by atoms with Crippen LogP contribution in [0.15, 0.2) is 34.9 Å². The minimum Gasteiger partial charge on any atom is -0.441 e. The fraction of sp³-hybridized carbons (Fsp3) is 0.444. The second kappa shape index (κ2) is 9.36. The van der Waals surface area contributed by atoms with Gasteiger partial charge >= 0.3 is 0 Å². The monoisotopic (exact) mass is 334 g/mol. The second-order valence-corrected chi connectivity index (χ2v) is 5.92. The van der Waals surface area contributed by atoms with Crippen LogP contribution in [0.2, 0.25) is 5.02 Å². The van der Waals surface area contributed by atoms with Gasteiger partial charge in [0.2, 0.25) is 5.91 Å². The number of aromatic nitrogens is 1. The first-order valence-electron chi connectivity index (χ1n) is 8.17. The van der Waals surface area contributed by atoms with Crippen LogP contribution in [0.1, 0.15) is 44.9 Å². The molecule has 1 heterocycles. The van der Waals surface area contributed by atoms with Crippen molar-refractivity contribution in [2.75, 3.05) is 6.54 Å². The predicted octanol–water partition coefficient (Wildman–Crippen LogP) is 4.62. The summed E-state index contributed by atoms with van der Waals surface area (Å²) >= 11 is 6.14. The van der Waals surface area contributed by atoms with Gasteiger partial charge in [-0.25, -0.2) is 4.98 Å². The number of nitrogens with one attached hydrogen (secondary N) is 1. The second-order valence-electron chi connectivity index (χ2n) is 5.51. The normalized spacial score (nSPS) is 10.7. The van der Waals surface area contributed by atoms with Gasteiger partial charge in [-0.3, -0.25) is 4.79 Å². The van der Waals surface area contributed by atoms with Crippen molar-refractivity contribution in [3.63, 3.8) is 0 Å². The molecule has 0 bridgehead atoms. The van der Waals surface area contributed by atoms with E-state index in [1.54, 1.807) is 6.20 Å². The summed E-state index contributed by atoms with van der Waals surface area (Å²) in [6.07, 6.45) is 7.15. The van der Waals surface area contributed by atoms with Crippen molar-refractivity contribution in [1.82, 2.24) is 10.3 Å². The summed E-state index contributed by atoms with van der Waals surface area (Å²) in [4.78, 5) is 16.0. The third kappa shape index (κ3) is 5.71. The maximum absolute atomic E-state index is 11.8. The molecule has 0 saturated carbocycles. The number of halogens is 1. The summed E-state index contributed by atoms with van der Waals surface area (Å²) < 4.78 is 5.68. The van der Waals surface area contributed by atoms with E-state index in [1.165, 1.54) is 12.8 Å². The van der Waals surface area contributed by atoms with Gasteiger partial charge in [0.15, 0.2) is 11.7 Å². The van der Waals surface area contributed by atoms with Crippen molar-refractivity contribution in [3.05, 3.63) is 41.4 Å². The zero-order valence-corrected chi connectivity index (χ0v) is 14.2. The number of benzene rings is 1. The molecule has 2 aromatic rings. The van der Waals surface area contributed by atoms with Crippen molar-refractivity contribution in [2.24, 2.45) is 0 Å². The molecular weight excluding hydrogens is 312 g/mol. The fourth-order valence-electron chi connectivity index (χ4n) is 2.30. The van der Waals surface area contributed by atoms with E-state index in [0.717, 1.165) is 24.9 Å². The molecule has 1 aromatic carbocycles. The SMILES string of the molecule is CCCCCCNC(=O)CCc1ncc(-c2ccccc2Cl)o1. The van der Waals surface area contributed by atoms with E-state index in [2.05, 4.69) is 17.2 Å². The van der Waals surface area contributed by atoms with Crippen LogP contribution in [0.4, 0.5) is 0 Å². The molecule has 4 nitrogen and oxygen atoms in total. The summed E-state index contributed by atoms with van der Waals surface area (Å²) in [5.41, 5.74) is 0.813. The van der Waals surface area contributed by atoms with Crippen LogP contribution < -0.4 is 5.32 Å². The topological polar surface area (TPSA) is 55.1 Å². The minimum atomic E-state index is 0.0407. The quantitative estimate of drug-likeness (QED) is 0.680. The largest absolute Gasteiger partial charge is 0.441 e. The number of carbonyl (C=O) groups is 1. The van der Waals surface area contributed by atoms with Crippen LogP contribution in [0.25, 0.3) is 11.3 Å². The third-order valence-corrected chi connectivity index (χ3v) is 3.94. The van der Waals surface area contributed by atoms with Crippen LogP contribution in [-0.2, 0) is 11.2 Å². The molecule has 0 radical (unpaired) electrons. The average molecular weight is 335 g/mol. The molecule has 5 heteroatoms. The predicted molar refractivity (Wildman–Crippen MR) is 92.4 cm³/mol. The number of amides is 1. The van der Waals surface area contributed by atoms with Crippen LogP contribution in [0.5, 0.6) is 0 Å². The number of carbonyl (C=O) groups excluding carboxylic acids is 1. The summed E-state index contributed by atoms with van der Waals surface area (Å²) in [6, 6.07) is 7.46. The molecule has 0 saturated heterocycles. The van der Waals surface area contributed by atoms with E-state index >= 15 is 0 Å². The van der Waals surface area contributed by atoms with Crippen LogP contribution in [-0.4, -0.2) is 17.4 Å². The van der Waals surface area contributed by atoms with Gasteiger partial charge < -0.3 is 9.73 Å². The minimum absolute atomic E-state index is 0.0407. The van der Waals surface area contributed by atoms with Crippen molar-refractivity contribution >= 4 is 17.5 Å². The number of aryl methyl sites for hydroxylation is 1. The van der Waals surface area contributed by atoms with Gasteiger partial charge in [0.1, 0.15) is 0 Å². The first-order valence-corrected chi connectivity index (χ1v) is 8.54. The Kier molecular flexibility index (Phi) is 7.14. The van der Waals surface area contributed by atoms with E-state index in [4.69, 9.17) is 16.0 Å². The number of rotatable bonds is 9. The molecule has 0 aliphatic rings. The van der Waals surface area contributed by atoms with Crippen molar-refractivity contribution in [2.45, 2.75) is 45.4 Å². The molecule has 1 aromatic heterocycles. The Morgan fingerprint density at radius 3 is 2.87 bits per heavy atom. The van der Waals surface area contributed by atoms with Gasteiger partial charge in [0.05, 0.1) is 11.2 Å². The number of hydrogen-bond acceptors (Lipinski definition) is 3. The van der Waals surface area contributed by atoms with Crippen LogP contribution in [0.3, 0.4) is 0 Å². The fourth-order valence-corrected chi connectivity index (χ4v) is 2.53. The molecule has 2 rings (SSSR count). The summed E-state index contributed by atoms with van der Waals surface area (Å²) in [6.45, 7) is 2.92. The summed E-state index contributed by atoms with van der Waals surface area (Å²) in [5.74, 6) is 1.23. The molecule has 0 aliphatic heterocycles. The standard InChI is InChI=1S/C18H23ClN2O2/c1-2-3-4-7-12-20-17(22)10-11-18-21-13-16(23-18)14-8-5-6-9-15(14)19/h5-6,8-9,13H,2-4,7,10-12H2,1H3,(H,20,22). The highest BCUT2D eigenvalue weighted by Crippen LogP contribution is 2.28. The van der Waals surface area contributed by atoms with Crippen molar-refractivity contribution in [1.29, 1.82) is 0 Å². The lowest BCUT2D eigenvalue weighted by Gasteiger charge is -2.03. The Labute approximate surface area is 142 Å². The molecule has 124 valence electrons. The Morgan fingerprint density at radius 2 is 2.09 bits per heavy atom. The Hall–Kier alpha value is -1.81. The van der Waals surface area contributed by atoms with E-state index in [9.17, 15) is 4.79 Å². The van der Waals surface area contributed by atoms with Crippen LogP contribution in [0, 0.1) is 0 Å². The molecule has 1 amide bonds. The number of nitrogens with zero attached hydrogens (tertiary/aromatic N) is 1. The van der Waals surface area contributed by atoms with Gasteiger partial charge in [0, 0.05) is 24.9 Å². The van der Waals surface area contributed by atoms with Gasteiger partial charge in [-0.15, -0.1) is 0 Å². The molecule has 0 atom stereocenters. The summed E-state index contributed by atoms with van der Waals surface area (Å²) in [5, 5.41) is 3.55. The van der Waals surface area contributed by atoms with Gasteiger partial charge in [-0.2, -0.15) is 0 Å². The zero-order chi connectivity index (χ0) is 16.5. The van der Waals surface area contributed by atoms with Gasteiger partial charge in [-0.05, 0) is 18.6 Å². The molecule has 23 heavy (non-hydrogen) atoms. The Bertz CT molecular complexity index is 625. The first kappa shape index (κ1) is 17.5. The van der Waals surface area contributed by atoms with Crippen molar-refractivity contribution < 1.29 is 9.21 Å². The van der Waals surface area contributed by atoms with Crippen LogP contribution >= 0.6 is 11.6 Å². The Morgan fingerprint density at radius 1 is 1.26 bits per heavy atom. The number of unbranched alkanes of at least 4 members (excludes halogenated alkanes) is 3. The van der Waals surface area contributed by atoms with E-state index in [0.29, 0.717) is 29.5 Å². The average Bonchev–Trinajstić information content (AvgIpc) is 3.02. The third-order valence-electron chi connectivity index (χ3n) is 3.61. The highest BCUT2D eigenvalue weighted by Gasteiger charge is 2.10. The summed E-state index contributed by atoms with van der Waals surface area (Å²) in [7, 11) is 0. The maximum atomic E-state index is 11.8. The number of hydrogen-bond donors (Lipinski definition) is 1. The van der Waals surface area contributed by atoms with Gasteiger partial charge in [0.25, 0.3) is 0 Å². The van der Waals surface area contributed by atoms with Crippen molar-refractivity contribution in [3.8, 4) is 11.3 Å². The van der Waals surface area contributed by atoms with E-state index < -0.39 is 0 Å². The highest BCUT2D eigenvalue weighted by atomic mass is 35.5. The zero-order valence-electron chi connectivity index (χ0n) is 13.5. The van der Waals surface area contributed by atoms with E-state index in [-0.39, 0.29) is 5.91 Å². The van der Waals surface area contributed by atoms with E-state index in [1.807, 2.05) is 24.3 Å². The maximum Gasteiger partial charge on any atom is 0.220 e. The molecule has 0 unspecified atom stereocenters. The lowest BCUT2D eigenvalue weighted by atomic mass is 10.2. The Balaban J connectivity index is 1.77. The molecule has 0 spiro atoms. The molecular formula is C18H23ClN2O2. The first-order chi connectivity index (χ1) is 11.2. The molecule has 0 fully saturated rings. The molecule has 0 aliphatic carbocycles.